The van der Waals surface area contributed by atoms with Gasteiger partial charge < -0.3 is 0 Å². The zero-order valence-electron chi connectivity index (χ0n) is 14.0. The Kier molecular flexibility index (Phi) is 4.17. The predicted octanol–water partition coefficient (Wildman–Crippen LogP) is 4.56. The van der Waals surface area contributed by atoms with Gasteiger partial charge in [-0.3, -0.25) is 4.31 Å². The van der Waals surface area contributed by atoms with E-state index in [2.05, 4.69) is 29.8 Å². The van der Waals surface area contributed by atoms with Crippen LogP contribution in [0.15, 0.2) is 35.0 Å². The van der Waals surface area contributed by atoms with Crippen molar-refractivity contribution in [2.24, 2.45) is 0 Å². The van der Waals surface area contributed by atoms with E-state index in [9.17, 15) is 8.42 Å². The highest BCUT2D eigenvalue weighted by molar-refractivity contribution is 7.92. The van der Waals surface area contributed by atoms with E-state index in [4.69, 9.17) is 4.98 Å². The Morgan fingerprint density at radius 3 is 2.76 bits per heavy atom. The second-order valence-corrected chi connectivity index (χ2v) is 9.93. The summed E-state index contributed by atoms with van der Waals surface area (Å²) in [6.45, 7) is 2.66. The molecular formula is C18H18N2O2S3. The molecule has 0 saturated carbocycles. The van der Waals surface area contributed by atoms with Crippen LogP contribution in [0.2, 0.25) is 0 Å². The number of rotatable bonds is 3. The van der Waals surface area contributed by atoms with Crippen LogP contribution < -0.4 is 4.31 Å². The fraction of sp³-hybridized carbons (Fsp3) is 0.278. The molecule has 0 amide bonds. The van der Waals surface area contributed by atoms with Crippen LogP contribution in [0.3, 0.4) is 0 Å². The number of nitrogens with zero attached hydrogens (tertiary/aromatic N) is 2. The zero-order valence-corrected chi connectivity index (χ0v) is 16.5. The van der Waals surface area contributed by atoms with Gasteiger partial charge in [0.1, 0.15) is 5.01 Å². The van der Waals surface area contributed by atoms with Crippen LogP contribution >= 0.6 is 22.7 Å². The van der Waals surface area contributed by atoms with Gasteiger partial charge in [-0.05, 0) is 54.5 Å². The molecular weight excluding hydrogens is 372 g/mol. The number of benzene rings is 1. The number of anilines is 1. The monoisotopic (exact) mass is 390 g/mol. The molecule has 0 saturated heterocycles. The molecule has 7 heteroatoms. The molecule has 0 aliphatic carbocycles. The Balaban J connectivity index is 1.71. The lowest BCUT2D eigenvalue weighted by Gasteiger charge is -2.29. The van der Waals surface area contributed by atoms with E-state index in [-0.39, 0.29) is 0 Å². The second kappa shape index (κ2) is 6.23. The van der Waals surface area contributed by atoms with Crippen LogP contribution in [-0.2, 0) is 16.4 Å². The van der Waals surface area contributed by atoms with Crippen molar-refractivity contribution in [3.8, 4) is 21.1 Å². The van der Waals surface area contributed by atoms with E-state index in [1.54, 1.807) is 22.7 Å². The number of fused-ring (bicyclic) bond motifs is 1. The van der Waals surface area contributed by atoms with Crippen LogP contribution in [0, 0.1) is 6.92 Å². The minimum Gasteiger partial charge on any atom is -0.270 e. The smallest absolute Gasteiger partial charge is 0.232 e. The van der Waals surface area contributed by atoms with Crippen LogP contribution in [0.4, 0.5) is 5.69 Å². The van der Waals surface area contributed by atoms with Gasteiger partial charge in [0.25, 0.3) is 0 Å². The zero-order chi connectivity index (χ0) is 17.6. The Hall–Kier alpha value is -1.70. The lowest BCUT2D eigenvalue weighted by molar-refractivity contribution is 0.592. The number of hydrogen-bond acceptors (Lipinski definition) is 5. The van der Waals surface area contributed by atoms with Crippen LogP contribution in [0.1, 0.15) is 17.5 Å². The van der Waals surface area contributed by atoms with Gasteiger partial charge in [0.05, 0.1) is 22.5 Å². The van der Waals surface area contributed by atoms with Crippen molar-refractivity contribution in [1.29, 1.82) is 0 Å². The molecule has 1 aliphatic heterocycles. The fourth-order valence-electron chi connectivity index (χ4n) is 3.17. The first-order chi connectivity index (χ1) is 11.9. The van der Waals surface area contributed by atoms with Gasteiger partial charge >= 0.3 is 0 Å². The number of thiophene rings is 1. The van der Waals surface area contributed by atoms with Crippen molar-refractivity contribution in [2.75, 3.05) is 17.1 Å². The van der Waals surface area contributed by atoms with Gasteiger partial charge in [0, 0.05) is 17.5 Å². The van der Waals surface area contributed by atoms with Gasteiger partial charge in [-0.1, -0.05) is 6.07 Å². The molecule has 3 aromatic rings. The van der Waals surface area contributed by atoms with Crippen LogP contribution in [0.25, 0.3) is 21.1 Å². The highest BCUT2D eigenvalue weighted by Crippen LogP contribution is 2.36. The molecule has 1 aliphatic rings. The molecule has 4 rings (SSSR count). The summed E-state index contributed by atoms with van der Waals surface area (Å²) in [6.07, 6.45) is 3.02. The molecule has 0 spiro atoms. The molecule has 4 nitrogen and oxygen atoms in total. The van der Waals surface area contributed by atoms with E-state index < -0.39 is 10.0 Å². The first-order valence-electron chi connectivity index (χ1n) is 8.04. The number of thiazole rings is 1. The molecule has 0 unspecified atom stereocenters. The fourth-order valence-corrected chi connectivity index (χ4v) is 6.09. The average molecular weight is 391 g/mol. The summed E-state index contributed by atoms with van der Waals surface area (Å²) in [5.74, 6) is 0. The van der Waals surface area contributed by atoms with Crippen molar-refractivity contribution in [2.45, 2.75) is 19.8 Å². The molecule has 25 heavy (non-hydrogen) atoms. The maximum atomic E-state index is 12.0. The summed E-state index contributed by atoms with van der Waals surface area (Å²) in [5, 5.41) is 5.20. The number of sulfonamides is 1. The van der Waals surface area contributed by atoms with E-state index in [0.717, 1.165) is 40.4 Å². The molecule has 1 aromatic carbocycles. The molecule has 0 N–H and O–H groups in total. The van der Waals surface area contributed by atoms with Crippen molar-refractivity contribution in [3.05, 3.63) is 46.2 Å². The standard InChI is InChI=1S/C18H18N2O2S3/c1-12-7-9-23-17(12)18-19-15(11-24-18)13-5-6-16-14(10-13)4-3-8-20(16)25(2,21)22/h5-7,9-11H,3-4,8H2,1-2H3. The molecule has 0 bridgehead atoms. The Morgan fingerprint density at radius 2 is 2.04 bits per heavy atom. The second-order valence-electron chi connectivity index (χ2n) is 6.25. The third-order valence-electron chi connectivity index (χ3n) is 4.41. The third-order valence-corrected chi connectivity index (χ3v) is 7.60. The van der Waals surface area contributed by atoms with E-state index in [1.165, 1.54) is 21.0 Å². The summed E-state index contributed by atoms with van der Waals surface area (Å²) >= 11 is 3.36. The summed E-state index contributed by atoms with van der Waals surface area (Å²) in [6, 6.07) is 8.09. The summed E-state index contributed by atoms with van der Waals surface area (Å²) in [5.41, 5.74) is 5.14. The highest BCUT2D eigenvalue weighted by atomic mass is 32.2. The van der Waals surface area contributed by atoms with Crippen LogP contribution in [-0.4, -0.2) is 26.2 Å². The minimum absolute atomic E-state index is 0.559. The lowest BCUT2D eigenvalue weighted by atomic mass is 10.00. The Morgan fingerprint density at radius 1 is 1.20 bits per heavy atom. The maximum Gasteiger partial charge on any atom is 0.232 e. The topological polar surface area (TPSA) is 50.3 Å². The van der Waals surface area contributed by atoms with E-state index >= 15 is 0 Å². The van der Waals surface area contributed by atoms with Gasteiger partial charge in [-0.15, -0.1) is 22.7 Å². The van der Waals surface area contributed by atoms with Gasteiger partial charge in [-0.2, -0.15) is 0 Å². The molecule has 0 fully saturated rings. The normalized spacial score (nSPS) is 14.6. The summed E-state index contributed by atoms with van der Waals surface area (Å²) < 4.78 is 25.5. The van der Waals surface area contributed by atoms with Gasteiger partial charge in [0.2, 0.25) is 10.0 Å². The largest absolute Gasteiger partial charge is 0.270 e. The third kappa shape index (κ3) is 3.12. The van der Waals surface area contributed by atoms with Crippen LogP contribution in [0.5, 0.6) is 0 Å². The molecule has 0 radical (unpaired) electrons. The molecule has 2 aromatic heterocycles. The number of aromatic nitrogens is 1. The number of aryl methyl sites for hydroxylation is 2. The Bertz CT molecular complexity index is 1030. The quantitative estimate of drug-likeness (QED) is 0.659. The van der Waals surface area contributed by atoms with Gasteiger partial charge in [0.15, 0.2) is 0 Å². The minimum atomic E-state index is -3.23. The molecule has 130 valence electrons. The number of hydrogen-bond donors (Lipinski definition) is 0. The first-order valence-corrected chi connectivity index (χ1v) is 11.7. The molecule has 3 heterocycles. The van der Waals surface area contributed by atoms with Crippen molar-refractivity contribution >= 4 is 38.4 Å². The van der Waals surface area contributed by atoms with E-state index in [1.807, 2.05) is 12.1 Å². The van der Waals surface area contributed by atoms with Crippen molar-refractivity contribution in [1.82, 2.24) is 4.98 Å². The Labute approximate surface area is 155 Å². The lowest BCUT2D eigenvalue weighted by Crippen LogP contribution is -2.34. The van der Waals surface area contributed by atoms with E-state index in [0.29, 0.717) is 6.54 Å². The summed E-state index contributed by atoms with van der Waals surface area (Å²) in [7, 11) is -3.23. The van der Waals surface area contributed by atoms with Gasteiger partial charge in [-0.25, -0.2) is 13.4 Å². The van der Waals surface area contributed by atoms with Crippen molar-refractivity contribution in [3.63, 3.8) is 0 Å². The first kappa shape index (κ1) is 16.8. The highest BCUT2D eigenvalue weighted by Gasteiger charge is 2.24. The predicted molar refractivity (Wildman–Crippen MR) is 106 cm³/mol. The average Bonchev–Trinajstić information content (AvgIpc) is 3.21. The van der Waals surface area contributed by atoms with Crippen molar-refractivity contribution < 1.29 is 8.42 Å². The maximum absolute atomic E-state index is 12.0. The summed E-state index contributed by atoms with van der Waals surface area (Å²) in [4.78, 5) is 6.02. The SMILES string of the molecule is Cc1ccsc1-c1nc(-c2ccc3c(c2)CCCN3S(C)(=O)=O)cs1. The molecule has 0 atom stereocenters.